The first-order valence-corrected chi connectivity index (χ1v) is 12.7. The zero-order chi connectivity index (χ0) is 26.7. The van der Waals surface area contributed by atoms with Crippen molar-refractivity contribution in [2.75, 3.05) is 13.2 Å². The van der Waals surface area contributed by atoms with Crippen LogP contribution in [0, 0.1) is 0 Å². The van der Waals surface area contributed by atoms with E-state index in [-0.39, 0.29) is 6.61 Å². The van der Waals surface area contributed by atoms with Crippen LogP contribution in [-0.4, -0.2) is 31.3 Å². The lowest BCUT2D eigenvalue weighted by Gasteiger charge is -2.09. The molecule has 0 atom stereocenters. The zero-order valence-corrected chi connectivity index (χ0v) is 22.2. The molecule has 0 radical (unpaired) electrons. The summed E-state index contributed by atoms with van der Waals surface area (Å²) >= 11 is 3.40. The average molecular weight is 573 g/mol. The van der Waals surface area contributed by atoms with Gasteiger partial charge in [0.25, 0.3) is 5.91 Å². The van der Waals surface area contributed by atoms with Gasteiger partial charge in [-0.05, 0) is 72.6 Å². The molecule has 7 nitrogen and oxygen atoms in total. The van der Waals surface area contributed by atoms with Gasteiger partial charge < -0.3 is 14.2 Å². The Labute approximate surface area is 229 Å². The fraction of sp³-hybridized carbons (Fsp3) is 0.100. The SMILES string of the molecule is CCOc1ccc(C(=O)Oc2ccc(Br)cc2/C=N\NC(=O)COc2ccc(-c3ccccc3)cc2)cc1. The summed E-state index contributed by atoms with van der Waals surface area (Å²) in [6.07, 6.45) is 1.40. The fourth-order valence-electron chi connectivity index (χ4n) is 3.46. The minimum Gasteiger partial charge on any atom is -0.494 e. The molecule has 8 heteroatoms. The van der Waals surface area contributed by atoms with Crippen molar-refractivity contribution in [3.63, 3.8) is 0 Å². The number of carbonyl (C=O) groups excluding carboxylic acids is 2. The van der Waals surface area contributed by atoms with Crippen molar-refractivity contribution in [2.45, 2.75) is 6.92 Å². The molecule has 4 rings (SSSR count). The zero-order valence-electron chi connectivity index (χ0n) is 20.6. The van der Waals surface area contributed by atoms with E-state index in [1.165, 1.54) is 6.21 Å². The monoisotopic (exact) mass is 572 g/mol. The maximum atomic E-state index is 12.6. The van der Waals surface area contributed by atoms with Crippen LogP contribution in [0.4, 0.5) is 0 Å². The number of ether oxygens (including phenoxy) is 3. The second kappa shape index (κ2) is 13.2. The van der Waals surface area contributed by atoms with Crippen molar-refractivity contribution in [1.29, 1.82) is 0 Å². The first-order valence-electron chi connectivity index (χ1n) is 11.9. The van der Waals surface area contributed by atoms with E-state index in [1.807, 2.05) is 61.5 Å². The molecule has 4 aromatic rings. The Morgan fingerprint density at radius 3 is 2.21 bits per heavy atom. The summed E-state index contributed by atoms with van der Waals surface area (Å²) < 4.78 is 17.3. The quantitative estimate of drug-likeness (QED) is 0.105. The number of halogens is 1. The number of carbonyl (C=O) groups is 2. The molecule has 0 saturated carbocycles. The number of nitrogens with one attached hydrogen (secondary N) is 1. The summed E-state index contributed by atoms with van der Waals surface area (Å²) in [5.74, 6) is 0.570. The summed E-state index contributed by atoms with van der Waals surface area (Å²) in [5.41, 5.74) is 5.45. The highest BCUT2D eigenvalue weighted by Gasteiger charge is 2.12. The predicted octanol–water partition coefficient (Wildman–Crippen LogP) is 6.26. The first-order chi connectivity index (χ1) is 18.5. The normalized spacial score (nSPS) is 10.7. The largest absolute Gasteiger partial charge is 0.494 e. The second-order valence-electron chi connectivity index (χ2n) is 8.00. The van der Waals surface area contributed by atoms with Crippen LogP contribution in [0.3, 0.4) is 0 Å². The standard InChI is InChI=1S/C30H25BrN2O5/c1-2-36-26-15-10-23(11-16-26)30(35)38-28-17-12-25(31)18-24(28)19-32-33-29(34)20-37-27-13-8-22(9-14-27)21-6-4-3-5-7-21/h3-19H,2,20H2,1H3,(H,33,34)/b32-19-. The lowest BCUT2D eigenvalue weighted by molar-refractivity contribution is -0.123. The minimum atomic E-state index is -0.527. The number of hydrogen-bond donors (Lipinski definition) is 1. The summed E-state index contributed by atoms with van der Waals surface area (Å²) in [7, 11) is 0. The Hall–Kier alpha value is -4.43. The Balaban J connectivity index is 1.32. The van der Waals surface area contributed by atoms with Gasteiger partial charge in [0, 0.05) is 10.0 Å². The maximum Gasteiger partial charge on any atom is 0.343 e. The Kier molecular flexibility index (Phi) is 9.26. The number of rotatable bonds is 10. The molecule has 192 valence electrons. The summed E-state index contributed by atoms with van der Waals surface area (Å²) in [6.45, 7) is 2.22. The van der Waals surface area contributed by atoms with E-state index in [4.69, 9.17) is 14.2 Å². The number of benzene rings is 4. The van der Waals surface area contributed by atoms with E-state index in [1.54, 1.807) is 42.5 Å². The van der Waals surface area contributed by atoms with Crippen LogP contribution in [-0.2, 0) is 4.79 Å². The molecule has 0 aliphatic carbocycles. The minimum absolute atomic E-state index is 0.208. The van der Waals surface area contributed by atoms with Gasteiger partial charge in [0.15, 0.2) is 6.61 Å². The average Bonchev–Trinajstić information content (AvgIpc) is 2.94. The third kappa shape index (κ3) is 7.54. The lowest BCUT2D eigenvalue weighted by Crippen LogP contribution is -2.24. The molecule has 1 N–H and O–H groups in total. The van der Waals surface area contributed by atoms with E-state index in [0.29, 0.717) is 35.0 Å². The van der Waals surface area contributed by atoms with Gasteiger partial charge in [-0.25, -0.2) is 10.2 Å². The molecular formula is C30H25BrN2O5. The number of nitrogens with zero attached hydrogens (tertiary/aromatic N) is 1. The fourth-order valence-corrected chi connectivity index (χ4v) is 3.83. The van der Waals surface area contributed by atoms with Crippen molar-refractivity contribution >= 4 is 34.0 Å². The predicted molar refractivity (Wildman–Crippen MR) is 150 cm³/mol. The molecule has 38 heavy (non-hydrogen) atoms. The van der Waals surface area contributed by atoms with Crippen LogP contribution in [0.2, 0.25) is 0 Å². The number of hydrogen-bond acceptors (Lipinski definition) is 6. The van der Waals surface area contributed by atoms with E-state index in [0.717, 1.165) is 15.6 Å². The number of hydrazone groups is 1. The van der Waals surface area contributed by atoms with E-state index in [9.17, 15) is 9.59 Å². The van der Waals surface area contributed by atoms with Crippen LogP contribution < -0.4 is 19.6 Å². The van der Waals surface area contributed by atoms with Gasteiger partial charge in [-0.2, -0.15) is 5.10 Å². The van der Waals surface area contributed by atoms with Gasteiger partial charge >= 0.3 is 5.97 Å². The maximum absolute atomic E-state index is 12.6. The molecular weight excluding hydrogens is 548 g/mol. The topological polar surface area (TPSA) is 86.2 Å². The summed E-state index contributed by atoms with van der Waals surface area (Å²) in [5, 5.41) is 3.99. The van der Waals surface area contributed by atoms with Gasteiger partial charge in [0.1, 0.15) is 17.2 Å². The molecule has 0 aromatic heterocycles. The molecule has 0 heterocycles. The van der Waals surface area contributed by atoms with Crippen molar-refractivity contribution in [3.05, 3.63) is 113 Å². The highest BCUT2D eigenvalue weighted by atomic mass is 79.9. The molecule has 0 aliphatic rings. The van der Waals surface area contributed by atoms with E-state index >= 15 is 0 Å². The Morgan fingerprint density at radius 1 is 0.842 bits per heavy atom. The van der Waals surface area contributed by atoms with Gasteiger partial charge in [0.05, 0.1) is 18.4 Å². The molecule has 0 saturated heterocycles. The molecule has 0 fully saturated rings. The molecule has 1 amide bonds. The van der Waals surface area contributed by atoms with Gasteiger partial charge in [-0.3, -0.25) is 4.79 Å². The second-order valence-corrected chi connectivity index (χ2v) is 8.92. The molecule has 0 aliphatic heterocycles. The van der Waals surface area contributed by atoms with Crippen LogP contribution in [0.25, 0.3) is 11.1 Å². The van der Waals surface area contributed by atoms with Crippen molar-refractivity contribution in [2.24, 2.45) is 5.10 Å². The third-order valence-corrected chi connectivity index (χ3v) is 5.79. The number of amides is 1. The highest BCUT2D eigenvalue weighted by molar-refractivity contribution is 9.10. The Bertz CT molecular complexity index is 1410. The molecule has 0 bridgehead atoms. The molecule has 4 aromatic carbocycles. The summed E-state index contributed by atoms with van der Waals surface area (Å²) in [6, 6.07) is 29.3. The lowest BCUT2D eigenvalue weighted by atomic mass is 10.1. The van der Waals surface area contributed by atoms with Gasteiger partial charge in [-0.1, -0.05) is 58.4 Å². The summed E-state index contributed by atoms with van der Waals surface area (Å²) in [4.78, 5) is 24.8. The molecule has 0 spiro atoms. The number of esters is 1. The first kappa shape index (κ1) is 26.6. The van der Waals surface area contributed by atoms with Crippen molar-refractivity contribution in [3.8, 4) is 28.4 Å². The molecule has 0 unspecified atom stereocenters. The van der Waals surface area contributed by atoms with E-state index < -0.39 is 11.9 Å². The van der Waals surface area contributed by atoms with Crippen molar-refractivity contribution < 1.29 is 23.8 Å². The van der Waals surface area contributed by atoms with Crippen molar-refractivity contribution in [1.82, 2.24) is 5.43 Å². The Morgan fingerprint density at radius 2 is 1.50 bits per heavy atom. The third-order valence-electron chi connectivity index (χ3n) is 5.30. The highest BCUT2D eigenvalue weighted by Crippen LogP contribution is 2.24. The van der Waals surface area contributed by atoms with Crippen LogP contribution >= 0.6 is 15.9 Å². The van der Waals surface area contributed by atoms with Gasteiger partial charge in [-0.15, -0.1) is 0 Å². The van der Waals surface area contributed by atoms with Crippen LogP contribution in [0.1, 0.15) is 22.8 Å². The van der Waals surface area contributed by atoms with Gasteiger partial charge in [0.2, 0.25) is 0 Å². The van der Waals surface area contributed by atoms with Crippen LogP contribution in [0.15, 0.2) is 107 Å². The van der Waals surface area contributed by atoms with Crippen LogP contribution in [0.5, 0.6) is 17.2 Å². The van der Waals surface area contributed by atoms with E-state index in [2.05, 4.69) is 26.5 Å². The smallest absolute Gasteiger partial charge is 0.343 e.